The van der Waals surface area contributed by atoms with Gasteiger partial charge in [-0.2, -0.15) is 5.10 Å². The van der Waals surface area contributed by atoms with Crippen LogP contribution in [0.5, 0.6) is 5.75 Å². The molecule has 0 amide bonds. The summed E-state index contributed by atoms with van der Waals surface area (Å²) in [6.45, 7) is 2.22. The van der Waals surface area contributed by atoms with Crippen molar-refractivity contribution in [3.63, 3.8) is 0 Å². The molecule has 6 rings (SSSR count). The Kier molecular flexibility index (Phi) is 6.60. The molecular formula is C31H29FN4O3. The van der Waals surface area contributed by atoms with Crippen molar-refractivity contribution >= 4 is 33.5 Å². The maximum Gasteiger partial charge on any atom is 0.310 e. The number of benzene rings is 3. The van der Waals surface area contributed by atoms with E-state index in [-0.39, 0.29) is 25.6 Å². The Hall–Kier alpha value is -4.46. The Morgan fingerprint density at radius 1 is 1.08 bits per heavy atom. The second kappa shape index (κ2) is 10.4. The number of aromatic nitrogens is 3. The van der Waals surface area contributed by atoms with Crippen molar-refractivity contribution in [1.82, 2.24) is 14.8 Å². The van der Waals surface area contributed by atoms with Gasteiger partial charge in [-0.15, -0.1) is 0 Å². The molecule has 2 N–H and O–H groups in total. The first-order valence-electron chi connectivity index (χ1n) is 13.2. The van der Waals surface area contributed by atoms with Gasteiger partial charge in [-0.25, -0.2) is 9.37 Å². The monoisotopic (exact) mass is 524 g/mol. The summed E-state index contributed by atoms with van der Waals surface area (Å²) in [5.41, 5.74) is 10.6. The first-order chi connectivity index (χ1) is 19.0. The molecular weight excluding hydrogens is 495 g/mol. The predicted octanol–water partition coefficient (Wildman–Crippen LogP) is 6.38. The number of halogens is 1. The van der Waals surface area contributed by atoms with Crippen molar-refractivity contribution < 1.29 is 18.7 Å². The van der Waals surface area contributed by atoms with Crippen LogP contribution < -0.4 is 10.5 Å². The van der Waals surface area contributed by atoms with Crippen molar-refractivity contribution in [2.45, 2.75) is 45.3 Å². The normalized spacial score (nSPS) is 13.5. The van der Waals surface area contributed by atoms with Crippen molar-refractivity contribution in [3.05, 3.63) is 83.9 Å². The number of hydrogen-bond donors (Lipinski definition) is 1. The van der Waals surface area contributed by atoms with Gasteiger partial charge >= 0.3 is 5.97 Å². The molecule has 39 heavy (non-hydrogen) atoms. The highest BCUT2D eigenvalue weighted by molar-refractivity contribution is 6.02. The van der Waals surface area contributed by atoms with Gasteiger partial charge < -0.3 is 15.2 Å². The lowest BCUT2D eigenvalue weighted by Crippen LogP contribution is -2.21. The second-order valence-corrected chi connectivity index (χ2v) is 9.83. The average molecular weight is 525 g/mol. The number of nitrogen functional groups attached to an aromatic ring is 1. The van der Waals surface area contributed by atoms with E-state index >= 15 is 0 Å². The van der Waals surface area contributed by atoms with Crippen LogP contribution in [0.2, 0.25) is 0 Å². The number of ether oxygens (including phenoxy) is 2. The van der Waals surface area contributed by atoms with E-state index in [0.717, 1.165) is 57.8 Å². The van der Waals surface area contributed by atoms with Crippen LogP contribution in [0, 0.1) is 5.82 Å². The van der Waals surface area contributed by atoms with Gasteiger partial charge in [-0.05, 0) is 67.0 Å². The van der Waals surface area contributed by atoms with Crippen molar-refractivity contribution in [2.75, 3.05) is 12.3 Å². The molecule has 0 bridgehead atoms. The van der Waals surface area contributed by atoms with E-state index in [2.05, 4.69) is 27.9 Å². The van der Waals surface area contributed by atoms with Crippen LogP contribution in [0.4, 0.5) is 10.2 Å². The number of nitrogens with zero attached hydrogens (tertiary/aromatic N) is 3. The summed E-state index contributed by atoms with van der Waals surface area (Å²) in [6, 6.07) is 18.8. The number of pyridine rings is 1. The number of nitrogens with two attached hydrogens (primary N) is 1. The minimum atomic E-state index is -0.429. The van der Waals surface area contributed by atoms with Gasteiger partial charge in [0.25, 0.3) is 0 Å². The second-order valence-electron chi connectivity index (χ2n) is 9.83. The zero-order chi connectivity index (χ0) is 26.9. The van der Waals surface area contributed by atoms with Gasteiger partial charge in [0.1, 0.15) is 24.0 Å². The fraction of sp³-hybridized carbons (Fsp3) is 0.258. The van der Waals surface area contributed by atoms with Gasteiger partial charge in [-0.1, -0.05) is 30.3 Å². The third kappa shape index (κ3) is 4.78. The lowest BCUT2D eigenvalue weighted by Gasteiger charge is -2.27. The van der Waals surface area contributed by atoms with E-state index in [1.807, 2.05) is 24.3 Å². The van der Waals surface area contributed by atoms with E-state index in [4.69, 9.17) is 20.3 Å². The highest BCUT2D eigenvalue weighted by Crippen LogP contribution is 2.37. The average Bonchev–Trinajstić information content (AvgIpc) is 3.24. The lowest BCUT2D eigenvalue weighted by molar-refractivity contribution is -0.142. The van der Waals surface area contributed by atoms with Crippen LogP contribution in [-0.4, -0.2) is 27.3 Å². The Labute approximate surface area is 225 Å². The third-order valence-electron chi connectivity index (χ3n) is 7.40. The van der Waals surface area contributed by atoms with Crippen molar-refractivity contribution in [3.8, 4) is 16.9 Å². The molecule has 0 atom stereocenters. The fourth-order valence-corrected chi connectivity index (χ4v) is 5.20. The lowest BCUT2D eigenvalue weighted by atomic mass is 9.93. The molecule has 2 aromatic heterocycles. The zero-order valence-corrected chi connectivity index (χ0v) is 21.7. The van der Waals surface area contributed by atoms with Crippen LogP contribution in [0.1, 0.15) is 43.5 Å². The van der Waals surface area contributed by atoms with E-state index in [0.29, 0.717) is 23.2 Å². The van der Waals surface area contributed by atoms with E-state index in [9.17, 15) is 9.18 Å². The Balaban J connectivity index is 1.40. The van der Waals surface area contributed by atoms with Crippen molar-refractivity contribution in [1.29, 1.82) is 0 Å². The quantitative estimate of drug-likeness (QED) is 0.237. The molecule has 1 saturated carbocycles. The molecule has 3 aromatic carbocycles. The maximum absolute atomic E-state index is 14.2. The summed E-state index contributed by atoms with van der Waals surface area (Å²) >= 11 is 0. The van der Waals surface area contributed by atoms with Gasteiger partial charge in [0.05, 0.1) is 30.3 Å². The molecule has 0 spiro atoms. The summed E-state index contributed by atoms with van der Waals surface area (Å²) in [5.74, 6) is 0.0123. The number of hydrogen-bond acceptors (Lipinski definition) is 6. The number of fused-ring (bicyclic) bond motifs is 2. The molecule has 1 aliphatic carbocycles. The number of esters is 1. The van der Waals surface area contributed by atoms with Crippen LogP contribution in [0.25, 0.3) is 32.8 Å². The Morgan fingerprint density at radius 3 is 2.74 bits per heavy atom. The summed E-state index contributed by atoms with van der Waals surface area (Å²) in [6.07, 6.45) is 5.00. The van der Waals surface area contributed by atoms with Crippen molar-refractivity contribution in [2.24, 2.45) is 0 Å². The highest BCUT2D eigenvalue weighted by atomic mass is 19.1. The number of rotatable bonds is 8. The van der Waals surface area contributed by atoms with Gasteiger partial charge in [0.15, 0.2) is 0 Å². The molecule has 1 fully saturated rings. The Morgan fingerprint density at radius 2 is 1.95 bits per heavy atom. The molecule has 0 saturated heterocycles. The van der Waals surface area contributed by atoms with Crippen LogP contribution in [-0.2, 0) is 22.6 Å². The first kappa shape index (κ1) is 24.9. The summed E-state index contributed by atoms with van der Waals surface area (Å²) < 4.78 is 27.6. The zero-order valence-electron chi connectivity index (χ0n) is 21.7. The number of anilines is 1. The molecule has 0 unspecified atom stereocenters. The number of carbonyl (C=O) groups is 1. The predicted molar refractivity (Wildman–Crippen MR) is 149 cm³/mol. The smallest absolute Gasteiger partial charge is 0.310 e. The number of carbonyl (C=O) groups excluding carboxylic acids is 1. The standard InChI is InChI=1S/C31H29FN4O3/c1-2-38-30(37)16-20-9-11-21(32)17-29(20)39-18-28-26-15-19(10-12-27(26)35-36(28)22-5-3-6-22)23-7-4-8-25-24(23)13-14-34-31(25)33/h4,7-15,17,22H,2-3,5-6,16,18H2,1H3,(H2,33,34). The fourth-order valence-electron chi connectivity index (χ4n) is 5.20. The van der Waals surface area contributed by atoms with Crippen LogP contribution in [0.15, 0.2) is 66.9 Å². The molecule has 5 aromatic rings. The Bertz CT molecular complexity index is 1690. The molecule has 198 valence electrons. The van der Waals surface area contributed by atoms with Gasteiger partial charge in [-0.3, -0.25) is 9.48 Å². The summed E-state index contributed by atoms with van der Waals surface area (Å²) in [7, 11) is 0. The molecule has 8 heteroatoms. The van der Waals surface area contributed by atoms with E-state index in [1.165, 1.54) is 12.1 Å². The SMILES string of the molecule is CCOC(=O)Cc1ccc(F)cc1OCc1c2cc(-c3cccc4c(N)nccc34)ccc2nn1C1CCC1. The van der Waals surface area contributed by atoms with Gasteiger partial charge in [0.2, 0.25) is 0 Å². The van der Waals surface area contributed by atoms with E-state index < -0.39 is 5.82 Å². The summed E-state index contributed by atoms with van der Waals surface area (Å²) in [5, 5.41) is 7.83. The third-order valence-corrected chi connectivity index (χ3v) is 7.40. The van der Waals surface area contributed by atoms with E-state index in [1.54, 1.807) is 19.2 Å². The topological polar surface area (TPSA) is 92.3 Å². The largest absolute Gasteiger partial charge is 0.487 e. The van der Waals surface area contributed by atoms with Crippen LogP contribution in [0.3, 0.4) is 0 Å². The summed E-state index contributed by atoms with van der Waals surface area (Å²) in [4.78, 5) is 16.4. The maximum atomic E-state index is 14.2. The molecule has 7 nitrogen and oxygen atoms in total. The van der Waals surface area contributed by atoms with Crippen LogP contribution >= 0.6 is 0 Å². The molecule has 1 aliphatic rings. The minimum Gasteiger partial charge on any atom is -0.487 e. The molecule has 0 radical (unpaired) electrons. The minimum absolute atomic E-state index is 0.00923. The molecule has 2 heterocycles. The molecule has 0 aliphatic heterocycles. The highest BCUT2D eigenvalue weighted by Gasteiger charge is 2.25. The van der Waals surface area contributed by atoms with Gasteiger partial charge in [0, 0.05) is 28.6 Å². The first-order valence-corrected chi connectivity index (χ1v) is 13.2.